The smallest absolute Gasteiger partial charge is 0.323 e. The number of aliphatic hydroxyl groups is 5. The molecule has 0 amide bonds. The van der Waals surface area contributed by atoms with Crippen molar-refractivity contribution in [2.75, 3.05) is 13.2 Å². The minimum Gasteiger partial charge on any atom is -0.480 e. The summed E-state index contributed by atoms with van der Waals surface area (Å²) >= 11 is 0. The summed E-state index contributed by atoms with van der Waals surface area (Å²) in [6.07, 6.45) is -6.81. The van der Waals surface area contributed by atoms with Gasteiger partial charge in [-0.2, -0.15) is 0 Å². The first kappa shape index (κ1) is 17.9. The predicted molar refractivity (Wildman–Crippen MR) is 61.2 cm³/mol. The van der Waals surface area contributed by atoms with Crippen molar-refractivity contribution in [1.82, 2.24) is 5.32 Å². The number of rotatable bonds is 9. The molecule has 5 atom stereocenters. The zero-order valence-electron chi connectivity index (χ0n) is 10.3. The Hall–Kier alpha value is -1.10. The molecule has 0 aliphatic rings. The van der Waals surface area contributed by atoms with Crippen molar-refractivity contribution >= 4 is 11.8 Å². The van der Waals surface area contributed by atoms with E-state index >= 15 is 0 Å². The normalized spacial score (nSPS) is 19.3. The fourth-order valence-corrected chi connectivity index (χ4v) is 1.29. The Labute approximate surface area is 109 Å². The number of carbonyl (C=O) groups is 2. The summed E-state index contributed by atoms with van der Waals surface area (Å²) in [7, 11) is 0. The molecule has 0 aliphatic carbocycles. The second-order valence-electron chi connectivity index (χ2n) is 4.09. The molecule has 0 aliphatic heterocycles. The van der Waals surface area contributed by atoms with Crippen molar-refractivity contribution in [3.8, 4) is 0 Å². The number of nitrogens with one attached hydrogen (secondary N) is 1. The summed E-state index contributed by atoms with van der Waals surface area (Å²) in [5.74, 6) is -2.36. The first-order valence-electron chi connectivity index (χ1n) is 5.54. The summed E-state index contributed by atoms with van der Waals surface area (Å²) < 4.78 is 0. The lowest BCUT2D eigenvalue weighted by molar-refractivity contribution is -0.143. The van der Waals surface area contributed by atoms with Crippen LogP contribution < -0.4 is 5.32 Å². The minimum absolute atomic E-state index is 0.627. The van der Waals surface area contributed by atoms with Gasteiger partial charge in [0.1, 0.15) is 24.4 Å². The van der Waals surface area contributed by atoms with Crippen molar-refractivity contribution in [3.63, 3.8) is 0 Å². The van der Waals surface area contributed by atoms with E-state index in [0.717, 1.165) is 0 Å². The Bertz CT molecular complexity index is 308. The molecule has 112 valence electrons. The van der Waals surface area contributed by atoms with Crippen LogP contribution in [0.15, 0.2) is 0 Å². The molecule has 0 heterocycles. The van der Waals surface area contributed by atoms with Gasteiger partial charge in [0, 0.05) is 0 Å². The molecule has 0 spiro atoms. The van der Waals surface area contributed by atoms with E-state index in [1.807, 2.05) is 0 Å². The van der Waals surface area contributed by atoms with Crippen LogP contribution in [-0.4, -0.2) is 86.0 Å². The number of aliphatic carboxylic acids is 1. The molecule has 0 rings (SSSR count). The highest BCUT2D eigenvalue weighted by atomic mass is 16.4. The Morgan fingerprint density at radius 3 is 2.05 bits per heavy atom. The average molecular weight is 281 g/mol. The average Bonchev–Trinajstić information content (AvgIpc) is 2.34. The van der Waals surface area contributed by atoms with Gasteiger partial charge >= 0.3 is 5.97 Å². The maximum absolute atomic E-state index is 11.4. The Morgan fingerprint density at radius 2 is 1.68 bits per heavy atom. The number of carbonyl (C=O) groups excluding carboxylic acids is 1. The van der Waals surface area contributed by atoms with E-state index in [-0.39, 0.29) is 0 Å². The van der Waals surface area contributed by atoms with Gasteiger partial charge in [0.05, 0.1) is 19.3 Å². The van der Waals surface area contributed by atoms with Crippen LogP contribution in [0, 0.1) is 0 Å². The second-order valence-corrected chi connectivity index (χ2v) is 4.09. The van der Waals surface area contributed by atoms with Crippen molar-refractivity contribution in [3.05, 3.63) is 0 Å². The van der Waals surface area contributed by atoms with E-state index in [1.165, 1.54) is 6.92 Å². The number of carboxylic acids is 1. The van der Waals surface area contributed by atoms with E-state index in [2.05, 4.69) is 5.32 Å². The Morgan fingerprint density at radius 1 is 1.16 bits per heavy atom. The second kappa shape index (κ2) is 8.15. The molecule has 7 N–H and O–H groups in total. The van der Waals surface area contributed by atoms with Gasteiger partial charge in [-0.1, -0.05) is 0 Å². The van der Waals surface area contributed by atoms with Gasteiger partial charge in [-0.25, -0.2) is 0 Å². The van der Waals surface area contributed by atoms with Crippen molar-refractivity contribution in [2.24, 2.45) is 0 Å². The van der Waals surface area contributed by atoms with Crippen molar-refractivity contribution < 1.29 is 40.2 Å². The number of Topliss-reactive ketones (excluding diaryl/α,β-unsaturated/α-hetero) is 1. The van der Waals surface area contributed by atoms with Crippen LogP contribution >= 0.6 is 0 Å². The summed E-state index contributed by atoms with van der Waals surface area (Å²) in [5.41, 5.74) is 0. The molecule has 0 aromatic rings. The van der Waals surface area contributed by atoms with Crippen LogP contribution in [0.4, 0.5) is 0 Å². The monoisotopic (exact) mass is 281 g/mol. The molecule has 5 unspecified atom stereocenters. The van der Waals surface area contributed by atoms with E-state index in [1.54, 1.807) is 0 Å². The van der Waals surface area contributed by atoms with Crippen LogP contribution in [0.2, 0.25) is 0 Å². The topological polar surface area (TPSA) is 168 Å². The molecular weight excluding hydrogens is 262 g/mol. The lowest BCUT2D eigenvalue weighted by Gasteiger charge is -2.22. The SMILES string of the molecule is CC(O)C(NCC(=O)C(O)C(O)C(O)CO)C(=O)O. The van der Waals surface area contributed by atoms with Gasteiger partial charge in [-0.05, 0) is 6.92 Å². The molecular formula is C10H19NO8. The predicted octanol–water partition coefficient (Wildman–Crippen LogP) is -3.95. The molecule has 0 bridgehead atoms. The van der Waals surface area contributed by atoms with Crippen molar-refractivity contribution in [2.45, 2.75) is 37.4 Å². The molecule has 0 saturated heterocycles. The highest BCUT2D eigenvalue weighted by Gasteiger charge is 2.31. The zero-order valence-corrected chi connectivity index (χ0v) is 10.3. The lowest BCUT2D eigenvalue weighted by Crippen LogP contribution is -2.51. The molecule has 0 aromatic heterocycles. The van der Waals surface area contributed by atoms with Gasteiger partial charge in [-0.15, -0.1) is 0 Å². The van der Waals surface area contributed by atoms with E-state index in [0.29, 0.717) is 0 Å². The molecule has 0 aromatic carbocycles. The maximum Gasteiger partial charge on any atom is 0.323 e. The number of ketones is 1. The quantitative estimate of drug-likeness (QED) is 0.223. The Balaban J connectivity index is 4.41. The molecule has 9 heteroatoms. The fraction of sp³-hybridized carbons (Fsp3) is 0.800. The van der Waals surface area contributed by atoms with Gasteiger partial charge in [0.25, 0.3) is 0 Å². The maximum atomic E-state index is 11.4. The van der Waals surface area contributed by atoms with Crippen LogP contribution in [0.25, 0.3) is 0 Å². The van der Waals surface area contributed by atoms with Crippen LogP contribution in [0.1, 0.15) is 6.92 Å². The van der Waals surface area contributed by atoms with E-state index in [9.17, 15) is 19.8 Å². The standard InChI is InChI=1S/C10H19NO8/c1-4(13)7(10(18)19)11-2-5(14)8(16)9(17)6(15)3-12/h4,6-9,11-13,15-17H,2-3H2,1H3,(H,18,19). The summed E-state index contributed by atoms with van der Waals surface area (Å²) in [6.45, 7) is -0.264. The molecule has 0 radical (unpaired) electrons. The molecule has 19 heavy (non-hydrogen) atoms. The van der Waals surface area contributed by atoms with E-state index < -0.39 is 55.4 Å². The summed E-state index contributed by atoms with van der Waals surface area (Å²) in [5, 5.41) is 56.2. The third kappa shape index (κ3) is 5.59. The molecule has 0 saturated carbocycles. The number of hydrogen-bond donors (Lipinski definition) is 7. The lowest BCUT2D eigenvalue weighted by atomic mass is 10.0. The number of hydrogen-bond acceptors (Lipinski definition) is 8. The molecule has 9 nitrogen and oxygen atoms in total. The highest BCUT2D eigenvalue weighted by molar-refractivity contribution is 5.86. The van der Waals surface area contributed by atoms with Gasteiger partial charge in [0.2, 0.25) is 0 Å². The van der Waals surface area contributed by atoms with Gasteiger partial charge in [-0.3, -0.25) is 14.9 Å². The van der Waals surface area contributed by atoms with E-state index in [4.69, 9.17) is 20.4 Å². The number of carboxylic acid groups (broad SMARTS) is 1. The highest BCUT2D eigenvalue weighted by Crippen LogP contribution is 2.02. The Kier molecular flexibility index (Phi) is 7.68. The third-order valence-electron chi connectivity index (χ3n) is 2.48. The first-order valence-corrected chi connectivity index (χ1v) is 5.54. The van der Waals surface area contributed by atoms with Gasteiger partial charge in [0.15, 0.2) is 5.78 Å². The summed E-state index contributed by atoms with van der Waals surface area (Å²) in [4.78, 5) is 22.1. The minimum atomic E-state index is -1.97. The van der Waals surface area contributed by atoms with Crippen molar-refractivity contribution in [1.29, 1.82) is 0 Å². The number of aliphatic hydroxyl groups excluding tert-OH is 5. The van der Waals surface area contributed by atoms with Crippen LogP contribution in [-0.2, 0) is 9.59 Å². The van der Waals surface area contributed by atoms with Crippen LogP contribution in [0.3, 0.4) is 0 Å². The van der Waals surface area contributed by atoms with Gasteiger partial charge < -0.3 is 30.6 Å². The first-order chi connectivity index (χ1) is 8.72. The van der Waals surface area contributed by atoms with Crippen LogP contribution in [0.5, 0.6) is 0 Å². The summed E-state index contributed by atoms with van der Waals surface area (Å²) in [6, 6.07) is -1.41. The zero-order chi connectivity index (χ0) is 15.2. The molecule has 0 fully saturated rings. The fourth-order valence-electron chi connectivity index (χ4n) is 1.29. The third-order valence-corrected chi connectivity index (χ3v) is 2.48. The largest absolute Gasteiger partial charge is 0.480 e.